The van der Waals surface area contributed by atoms with Crippen LogP contribution in [0, 0.1) is 12.8 Å². The second-order valence-electron chi connectivity index (χ2n) is 6.75. The molecule has 2 fully saturated rings. The van der Waals surface area contributed by atoms with Crippen molar-refractivity contribution in [2.24, 2.45) is 5.92 Å². The van der Waals surface area contributed by atoms with Gasteiger partial charge in [0.2, 0.25) is 5.60 Å². The SMILES string of the molecule is Cc1cccc(OC2(C(=O)O)CCN(C[C@H]3CCOC3)CC2)c1. The molecule has 126 valence electrons. The molecule has 2 saturated heterocycles. The standard InChI is InChI=1S/C18H25NO4/c1-14-3-2-4-16(11-14)23-18(17(20)21)6-8-19(9-7-18)12-15-5-10-22-13-15/h2-4,11,15H,5-10,12-13H2,1H3,(H,20,21)/t15-/m1/s1. The van der Waals surface area contributed by atoms with E-state index in [4.69, 9.17) is 9.47 Å². The van der Waals surface area contributed by atoms with Crippen LogP contribution in [0.15, 0.2) is 24.3 Å². The Morgan fingerprint density at radius 2 is 2.22 bits per heavy atom. The number of aryl methyl sites for hydroxylation is 1. The minimum atomic E-state index is -1.10. The van der Waals surface area contributed by atoms with E-state index in [1.807, 2.05) is 31.2 Å². The van der Waals surface area contributed by atoms with Crippen LogP contribution in [-0.4, -0.2) is 54.4 Å². The van der Waals surface area contributed by atoms with Gasteiger partial charge < -0.3 is 19.5 Å². The third-order valence-electron chi connectivity index (χ3n) is 4.90. The van der Waals surface area contributed by atoms with E-state index in [0.29, 0.717) is 24.5 Å². The molecule has 0 bridgehead atoms. The van der Waals surface area contributed by atoms with E-state index in [1.165, 1.54) is 0 Å². The highest BCUT2D eigenvalue weighted by Crippen LogP contribution is 2.30. The average molecular weight is 319 g/mol. The summed E-state index contributed by atoms with van der Waals surface area (Å²) in [6.07, 6.45) is 2.15. The number of hydrogen-bond donors (Lipinski definition) is 1. The number of aliphatic carboxylic acids is 1. The number of carbonyl (C=O) groups is 1. The maximum Gasteiger partial charge on any atom is 0.348 e. The first-order valence-electron chi connectivity index (χ1n) is 8.37. The van der Waals surface area contributed by atoms with Crippen LogP contribution in [0.5, 0.6) is 5.75 Å². The van der Waals surface area contributed by atoms with Crippen LogP contribution in [-0.2, 0) is 9.53 Å². The molecule has 0 amide bonds. The summed E-state index contributed by atoms with van der Waals surface area (Å²) in [7, 11) is 0. The maximum atomic E-state index is 11.9. The molecule has 5 nitrogen and oxygen atoms in total. The summed E-state index contributed by atoms with van der Waals surface area (Å²) in [5, 5.41) is 9.73. The largest absolute Gasteiger partial charge is 0.478 e. The smallest absolute Gasteiger partial charge is 0.348 e. The summed E-state index contributed by atoms with van der Waals surface area (Å²) in [6, 6.07) is 7.61. The number of piperidine rings is 1. The number of carboxylic acid groups (broad SMARTS) is 1. The Labute approximate surface area is 137 Å². The van der Waals surface area contributed by atoms with Crippen molar-refractivity contribution in [1.29, 1.82) is 0 Å². The van der Waals surface area contributed by atoms with E-state index in [2.05, 4.69) is 4.90 Å². The van der Waals surface area contributed by atoms with Crippen molar-refractivity contribution in [3.05, 3.63) is 29.8 Å². The van der Waals surface area contributed by atoms with Crippen LogP contribution in [0.2, 0.25) is 0 Å². The lowest BCUT2D eigenvalue weighted by molar-refractivity contribution is -0.159. The predicted molar refractivity (Wildman–Crippen MR) is 86.8 cm³/mol. The van der Waals surface area contributed by atoms with Gasteiger partial charge in [0, 0.05) is 39.1 Å². The van der Waals surface area contributed by atoms with E-state index in [-0.39, 0.29) is 0 Å². The Balaban J connectivity index is 1.62. The van der Waals surface area contributed by atoms with Crippen molar-refractivity contribution in [3.63, 3.8) is 0 Å². The number of rotatable bonds is 5. The first-order valence-corrected chi connectivity index (χ1v) is 8.37. The Bertz CT molecular complexity index is 546. The van der Waals surface area contributed by atoms with Crippen molar-refractivity contribution in [3.8, 4) is 5.75 Å². The van der Waals surface area contributed by atoms with Crippen LogP contribution in [0.3, 0.4) is 0 Å². The fraction of sp³-hybridized carbons (Fsp3) is 0.611. The number of ether oxygens (including phenoxy) is 2. The molecule has 0 spiro atoms. The molecule has 1 atom stereocenters. The number of hydrogen-bond acceptors (Lipinski definition) is 4. The third kappa shape index (κ3) is 3.85. The molecule has 0 radical (unpaired) electrons. The average Bonchev–Trinajstić information content (AvgIpc) is 3.02. The highest BCUT2D eigenvalue weighted by Gasteiger charge is 2.44. The van der Waals surface area contributed by atoms with Crippen LogP contribution in [0.4, 0.5) is 0 Å². The lowest BCUT2D eigenvalue weighted by Crippen LogP contribution is -2.53. The third-order valence-corrected chi connectivity index (χ3v) is 4.90. The molecule has 1 aromatic carbocycles. The summed E-state index contributed by atoms with van der Waals surface area (Å²) in [4.78, 5) is 14.2. The van der Waals surface area contributed by atoms with E-state index >= 15 is 0 Å². The summed E-state index contributed by atoms with van der Waals surface area (Å²) >= 11 is 0. The summed E-state index contributed by atoms with van der Waals surface area (Å²) in [6.45, 7) is 6.18. The zero-order valence-electron chi connectivity index (χ0n) is 13.7. The maximum absolute atomic E-state index is 11.9. The molecule has 2 heterocycles. The number of nitrogens with zero attached hydrogens (tertiary/aromatic N) is 1. The molecule has 0 saturated carbocycles. The Morgan fingerprint density at radius 1 is 1.43 bits per heavy atom. The van der Waals surface area contributed by atoms with E-state index in [1.54, 1.807) is 0 Å². The molecular weight excluding hydrogens is 294 g/mol. The Morgan fingerprint density at radius 3 is 2.83 bits per heavy atom. The summed E-state index contributed by atoms with van der Waals surface area (Å²) < 4.78 is 11.4. The van der Waals surface area contributed by atoms with E-state index < -0.39 is 11.6 Å². The van der Waals surface area contributed by atoms with Crippen LogP contribution >= 0.6 is 0 Å². The van der Waals surface area contributed by atoms with Crippen LogP contribution < -0.4 is 4.74 Å². The molecule has 0 aliphatic carbocycles. The Kier molecular flexibility index (Phi) is 4.87. The molecule has 0 aromatic heterocycles. The van der Waals surface area contributed by atoms with Gasteiger partial charge in [0.25, 0.3) is 0 Å². The molecule has 0 unspecified atom stereocenters. The zero-order chi connectivity index (χ0) is 16.3. The van der Waals surface area contributed by atoms with Crippen molar-refractivity contribution < 1.29 is 19.4 Å². The van der Waals surface area contributed by atoms with Gasteiger partial charge in [0.1, 0.15) is 5.75 Å². The first-order chi connectivity index (χ1) is 11.1. The molecular formula is C18H25NO4. The summed E-state index contributed by atoms with van der Waals surface area (Å²) in [5.74, 6) is 0.373. The molecule has 2 aliphatic rings. The van der Waals surface area contributed by atoms with E-state index in [9.17, 15) is 9.90 Å². The predicted octanol–water partition coefficient (Wildman–Crippen LogP) is 2.33. The van der Waals surface area contributed by atoms with Crippen molar-refractivity contribution >= 4 is 5.97 Å². The number of benzene rings is 1. The highest BCUT2D eigenvalue weighted by atomic mass is 16.5. The van der Waals surface area contributed by atoms with Crippen molar-refractivity contribution in [1.82, 2.24) is 4.90 Å². The number of carboxylic acids is 1. The van der Waals surface area contributed by atoms with Crippen LogP contribution in [0.1, 0.15) is 24.8 Å². The Hall–Kier alpha value is -1.59. The lowest BCUT2D eigenvalue weighted by Gasteiger charge is -2.39. The molecule has 5 heteroatoms. The first kappa shape index (κ1) is 16.3. The van der Waals surface area contributed by atoms with E-state index in [0.717, 1.165) is 44.8 Å². The van der Waals surface area contributed by atoms with Gasteiger partial charge in [-0.05, 0) is 37.0 Å². The molecule has 1 N–H and O–H groups in total. The second-order valence-corrected chi connectivity index (χ2v) is 6.75. The topological polar surface area (TPSA) is 59.0 Å². The van der Waals surface area contributed by atoms with Gasteiger partial charge in [-0.3, -0.25) is 0 Å². The number of likely N-dealkylation sites (tertiary alicyclic amines) is 1. The van der Waals surface area contributed by atoms with Gasteiger partial charge in [0.05, 0.1) is 6.61 Å². The molecule has 2 aliphatic heterocycles. The minimum Gasteiger partial charge on any atom is -0.478 e. The monoisotopic (exact) mass is 319 g/mol. The van der Waals surface area contributed by atoms with Gasteiger partial charge in [-0.1, -0.05) is 12.1 Å². The van der Waals surface area contributed by atoms with Gasteiger partial charge in [-0.2, -0.15) is 0 Å². The van der Waals surface area contributed by atoms with Crippen molar-refractivity contribution in [2.75, 3.05) is 32.8 Å². The van der Waals surface area contributed by atoms with Gasteiger partial charge >= 0.3 is 5.97 Å². The van der Waals surface area contributed by atoms with Gasteiger partial charge in [0.15, 0.2) is 0 Å². The van der Waals surface area contributed by atoms with Gasteiger partial charge in [-0.15, -0.1) is 0 Å². The zero-order valence-corrected chi connectivity index (χ0v) is 13.7. The molecule has 3 rings (SSSR count). The minimum absolute atomic E-state index is 0.518. The lowest BCUT2D eigenvalue weighted by atomic mass is 9.90. The fourth-order valence-corrected chi connectivity index (χ4v) is 3.45. The van der Waals surface area contributed by atoms with Crippen molar-refractivity contribution in [2.45, 2.75) is 31.8 Å². The van der Waals surface area contributed by atoms with Crippen LogP contribution in [0.25, 0.3) is 0 Å². The normalized spacial score (nSPS) is 24.5. The quantitative estimate of drug-likeness (QED) is 0.902. The highest BCUT2D eigenvalue weighted by molar-refractivity contribution is 5.78. The van der Waals surface area contributed by atoms with Gasteiger partial charge in [-0.25, -0.2) is 4.79 Å². The molecule has 23 heavy (non-hydrogen) atoms. The summed E-state index contributed by atoms with van der Waals surface area (Å²) in [5.41, 5.74) is -0.0297. The second kappa shape index (κ2) is 6.89. The fourth-order valence-electron chi connectivity index (χ4n) is 3.45. The molecule has 1 aromatic rings.